The van der Waals surface area contributed by atoms with Crippen molar-refractivity contribution in [1.82, 2.24) is 5.32 Å². The molecule has 3 N–H and O–H groups in total. The van der Waals surface area contributed by atoms with Crippen molar-refractivity contribution in [3.63, 3.8) is 0 Å². The van der Waals surface area contributed by atoms with Crippen molar-refractivity contribution in [2.45, 2.75) is 60.1 Å². The van der Waals surface area contributed by atoms with Crippen LogP contribution in [0.4, 0.5) is 8.78 Å². The summed E-state index contributed by atoms with van der Waals surface area (Å²) in [6, 6.07) is 16.1. The van der Waals surface area contributed by atoms with Gasteiger partial charge >= 0.3 is 0 Å². The Balaban J connectivity index is 0.000000205. The van der Waals surface area contributed by atoms with Gasteiger partial charge in [-0.2, -0.15) is 0 Å². The van der Waals surface area contributed by atoms with E-state index in [0.717, 1.165) is 24.7 Å². The van der Waals surface area contributed by atoms with Crippen LogP contribution in [0.25, 0.3) is 0 Å². The number of aryl methyl sites for hydroxylation is 5. The van der Waals surface area contributed by atoms with Crippen molar-refractivity contribution in [3.05, 3.63) is 105 Å². The highest BCUT2D eigenvalue weighted by Crippen LogP contribution is 2.17. The summed E-state index contributed by atoms with van der Waals surface area (Å²) in [5, 5.41) is 2.90. The van der Waals surface area contributed by atoms with Crippen LogP contribution in [0.3, 0.4) is 0 Å². The Bertz CT molecular complexity index is 1050. The molecule has 0 saturated carbocycles. The lowest BCUT2D eigenvalue weighted by Gasteiger charge is -2.11. The summed E-state index contributed by atoms with van der Waals surface area (Å²) in [5.74, 6) is -0.962. The van der Waals surface area contributed by atoms with Crippen LogP contribution >= 0.6 is 0 Å². The minimum Gasteiger partial charge on any atom is -0.371 e. The maximum Gasteiger partial charge on any atom is 0.224 e. The van der Waals surface area contributed by atoms with Gasteiger partial charge in [0.1, 0.15) is 11.6 Å². The average Bonchev–Trinajstić information content (AvgIpc) is 3.64. The van der Waals surface area contributed by atoms with Crippen molar-refractivity contribution in [2.24, 2.45) is 5.73 Å². The Labute approximate surface area is 213 Å². The largest absolute Gasteiger partial charge is 0.371 e. The zero-order valence-corrected chi connectivity index (χ0v) is 22.0. The number of nitrogens with two attached hydrogens (primary N) is 1. The first-order valence-electron chi connectivity index (χ1n) is 12.3. The molecule has 36 heavy (non-hydrogen) atoms. The molecule has 0 spiro atoms. The standard InChI is InChI=1S/C14H19NO2.C9H13N.C7H6F2/c1-9-4-10(2)13(11(3)5-9)6-14(16)15-7-12-8-17-12;1-2-8-4-3-5-9(6-8)7-10;1-5-2-6(8)4-7(9)3-5/h4-5,12H,6-8H2,1-3H3,(H,15,16);3-6H,2,7,10H2,1H3;2-4H,1H3. The van der Waals surface area contributed by atoms with E-state index in [0.29, 0.717) is 25.1 Å². The number of ether oxygens (including phenoxy) is 1. The summed E-state index contributed by atoms with van der Waals surface area (Å²) in [4.78, 5) is 11.8. The summed E-state index contributed by atoms with van der Waals surface area (Å²) in [5.41, 5.74) is 13.4. The Morgan fingerprint density at radius 2 is 1.50 bits per heavy atom. The molecule has 0 bridgehead atoms. The molecule has 1 saturated heterocycles. The first-order valence-corrected chi connectivity index (χ1v) is 12.3. The lowest BCUT2D eigenvalue weighted by atomic mass is 9.97. The minimum absolute atomic E-state index is 0.0792. The maximum atomic E-state index is 12.2. The van der Waals surface area contributed by atoms with Crippen LogP contribution in [0.5, 0.6) is 0 Å². The number of carbonyl (C=O) groups excluding carboxylic acids is 1. The van der Waals surface area contributed by atoms with E-state index >= 15 is 0 Å². The van der Waals surface area contributed by atoms with Crippen LogP contribution in [0.2, 0.25) is 0 Å². The number of nitrogens with one attached hydrogen (secondary N) is 1. The van der Waals surface area contributed by atoms with E-state index in [-0.39, 0.29) is 12.0 Å². The van der Waals surface area contributed by atoms with Crippen molar-refractivity contribution in [2.75, 3.05) is 13.2 Å². The van der Waals surface area contributed by atoms with E-state index in [1.807, 2.05) is 0 Å². The number of epoxide rings is 1. The Kier molecular flexibility index (Phi) is 11.7. The molecule has 1 fully saturated rings. The van der Waals surface area contributed by atoms with E-state index < -0.39 is 11.6 Å². The number of hydrogen-bond donors (Lipinski definition) is 2. The predicted molar refractivity (Wildman–Crippen MR) is 142 cm³/mol. The lowest BCUT2D eigenvalue weighted by Crippen LogP contribution is -2.29. The molecule has 4 rings (SSSR count). The predicted octanol–water partition coefficient (Wildman–Crippen LogP) is 5.65. The first-order chi connectivity index (χ1) is 17.1. The van der Waals surface area contributed by atoms with Crippen molar-refractivity contribution >= 4 is 5.91 Å². The monoisotopic (exact) mass is 496 g/mol. The van der Waals surface area contributed by atoms with Crippen molar-refractivity contribution in [3.8, 4) is 0 Å². The Morgan fingerprint density at radius 1 is 0.944 bits per heavy atom. The number of hydrogen-bond acceptors (Lipinski definition) is 3. The molecule has 1 heterocycles. The molecule has 1 aliphatic heterocycles. The van der Waals surface area contributed by atoms with Crippen molar-refractivity contribution in [1.29, 1.82) is 0 Å². The van der Waals surface area contributed by atoms with E-state index in [9.17, 15) is 13.6 Å². The molecule has 1 amide bonds. The fraction of sp³-hybridized carbons (Fsp3) is 0.367. The zero-order valence-electron chi connectivity index (χ0n) is 22.0. The van der Waals surface area contributed by atoms with Crippen LogP contribution in [0, 0.1) is 39.3 Å². The second kappa shape index (κ2) is 14.5. The van der Waals surface area contributed by atoms with Crippen LogP contribution in [0.1, 0.15) is 45.9 Å². The van der Waals surface area contributed by atoms with Gasteiger partial charge in [0.25, 0.3) is 0 Å². The van der Waals surface area contributed by atoms with Gasteiger partial charge in [0.15, 0.2) is 0 Å². The number of benzene rings is 3. The van der Waals surface area contributed by atoms with E-state index in [4.69, 9.17) is 10.5 Å². The summed E-state index contributed by atoms with van der Waals surface area (Å²) in [7, 11) is 0. The number of carbonyl (C=O) groups is 1. The summed E-state index contributed by atoms with van der Waals surface area (Å²) in [6.45, 7) is 12.1. The topological polar surface area (TPSA) is 67.7 Å². The Hall–Kier alpha value is -3.09. The summed E-state index contributed by atoms with van der Waals surface area (Å²) < 4.78 is 29.4. The average molecular weight is 497 g/mol. The van der Waals surface area contributed by atoms with Crippen LogP contribution in [0.15, 0.2) is 54.6 Å². The third kappa shape index (κ3) is 10.7. The molecule has 1 aliphatic rings. The molecular formula is C30H38F2N2O2. The highest BCUT2D eigenvalue weighted by Gasteiger charge is 2.22. The second-order valence-corrected chi connectivity index (χ2v) is 9.14. The number of rotatable bonds is 6. The van der Waals surface area contributed by atoms with E-state index in [1.54, 1.807) is 6.92 Å². The highest BCUT2D eigenvalue weighted by molar-refractivity contribution is 5.79. The molecule has 3 aromatic carbocycles. The number of halogens is 2. The first kappa shape index (κ1) is 29.1. The van der Waals surface area contributed by atoms with Gasteiger partial charge in [-0.25, -0.2) is 8.78 Å². The molecule has 1 unspecified atom stereocenters. The molecule has 4 nitrogen and oxygen atoms in total. The fourth-order valence-corrected chi connectivity index (χ4v) is 3.79. The van der Waals surface area contributed by atoms with Crippen LogP contribution < -0.4 is 11.1 Å². The quantitative estimate of drug-likeness (QED) is 0.434. The normalized spacial score (nSPS) is 13.6. The molecule has 0 aromatic heterocycles. The SMILES string of the molecule is CCc1cccc(CN)c1.Cc1cc(C)c(CC(=O)NCC2CO2)c(C)c1.Cc1cc(F)cc(F)c1. The Morgan fingerprint density at radius 3 is 2.00 bits per heavy atom. The van der Waals surface area contributed by atoms with Gasteiger partial charge in [-0.3, -0.25) is 4.79 Å². The second-order valence-electron chi connectivity index (χ2n) is 9.14. The smallest absolute Gasteiger partial charge is 0.224 e. The molecule has 0 aliphatic carbocycles. The van der Waals surface area contributed by atoms with Crippen molar-refractivity contribution < 1.29 is 18.3 Å². The highest BCUT2D eigenvalue weighted by atomic mass is 19.1. The molecule has 1 atom stereocenters. The van der Waals surface area contributed by atoms with Crippen LogP contribution in [-0.4, -0.2) is 25.2 Å². The van der Waals surface area contributed by atoms with Gasteiger partial charge in [0.05, 0.1) is 19.1 Å². The zero-order chi connectivity index (χ0) is 26.7. The molecule has 194 valence electrons. The maximum absolute atomic E-state index is 12.2. The van der Waals surface area contributed by atoms with Gasteiger partial charge in [0, 0.05) is 19.2 Å². The van der Waals surface area contributed by atoms with E-state index in [2.05, 4.69) is 69.4 Å². The third-order valence-electron chi connectivity index (χ3n) is 5.75. The summed E-state index contributed by atoms with van der Waals surface area (Å²) >= 11 is 0. The van der Waals surface area contributed by atoms with Gasteiger partial charge in [-0.15, -0.1) is 0 Å². The van der Waals surface area contributed by atoms with Gasteiger partial charge in [0.2, 0.25) is 5.91 Å². The van der Waals surface area contributed by atoms with Gasteiger partial charge in [-0.05, 0) is 79.6 Å². The lowest BCUT2D eigenvalue weighted by molar-refractivity contribution is -0.120. The van der Waals surface area contributed by atoms with Gasteiger partial charge in [-0.1, -0.05) is 48.9 Å². The fourth-order valence-electron chi connectivity index (χ4n) is 3.79. The third-order valence-corrected chi connectivity index (χ3v) is 5.75. The minimum atomic E-state index is -0.521. The molecule has 6 heteroatoms. The molecule has 3 aromatic rings. The molecular weight excluding hydrogens is 458 g/mol. The number of amides is 1. The van der Waals surface area contributed by atoms with Gasteiger partial charge < -0.3 is 15.8 Å². The van der Waals surface area contributed by atoms with Crippen LogP contribution in [-0.2, 0) is 28.9 Å². The van der Waals surface area contributed by atoms with E-state index in [1.165, 1.54) is 39.9 Å². The molecule has 0 radical (unpaired) electrons. The summed E-state index contributed by atoms with van der Waals surface area (Å²) in [6.07, 6.45) is 1.80.